The highest BCUT2D eigenvalue weighted by molar-refractivity contribution is 7.47. The van der Waals surface area contributed by atoms with Crippen LogP contribution in [-0.4, -0.2) is 96.7 Å². The number of hydrogen-bond acceptors (Lipinski definition) is 15. The first-order valence-corrected chi connectivity index (χ1v) is 42.8. The lowest BCUT2D eigenvalue weighted by molar-refractivity contribution is -0.161. The molecule has 0 heterocycles. The quantitative estimate of drug-likeness (QED) is 0.0128. The molecular formula is C83H142O17P2. The van der Waals surface area contributed by atoms with Gasteiger partial charge in [0.2, 0.25) is 0 Å². The second kappa shape index (κ2) is 74.7. The molecule has 0 aromatic heterocycles. The number of aliphatic hydroxyl groups excluding tert-OH is 1. The molecular weight excluding hydrogens is 1330 g/mol. The molecule has 0 radical (unpaired) electrons. The summed E-state index contributed by atoms with van der Waals surface area (Å²) in [5.41, 5.74) is 0. The molecule has 17 nitrogen and oxygen atoms in total. The van der Waals surface area contributed by atoms with Crippen LogP contribution in [0.4, 0.5) is 0 Å². The van der Waals surface area contributed by atoms with Crippen molar-refractivity contribution in [1.82, 2.24) is 0 Å². The van der Waals surface area contributed by atoms with Gasteiger partial charge >= 0.3 is 39.5 Å². The number of rotatable bonds is 74. The van der Waals surface area contributed by atoms with Crippen molar-refractivity contribution in [3.05, 3.63) is 122 Å². The Morgan fingerprint density at radius 3 is 0.853 bits per heavy atom. The minimum atomic E-state index is -5.00. The fraction of sp³-hybridized carbons (Fsp3) is 0.711. The monoisotopic (exact) mass is 1470 g/mol. The molecule has 0 aromatic carbocycles. The van der Waals surface area contributed by atoms with Crippen LogP contribution in [-0.2, 0) is 65.4 Å². The zero-order chi connectivity index (χ0) is 74.6. The van der Waals surface area contributed by atoms with E-state index in [0.29, 0.717) is 32.1 Å². The summed E-state index contributed by atoms with van der Waals surface area (Å²) in [6.07, 6.45) is 81.8. The third-order valence-electron chi connectivity index (χ3n) is 16.4. The van der Waals surface area contributed by atoms with Crippen LogP contribution < -0.4 is 0 Å². The molecule has 0 saturated carbocycles. The number of phosphoric ester groups is 2. The molecule has 0 aliphatic rings. The summed E-state index contributed by atoms with van der Waals surface area (Å²) in [5.74, 6) is -2.28. The molecule has 0 amide bonds. The van der Waals surface area contributed by atoms with Crippen LogP contribution in [0.3, 0.4) is 0 Å². The first-order valence-electron chi connectivity index (χ1n) is 39.8. The zero-order valence-electron chi connectivity index (χ0n) is 64.0. The van der Waals surface area contributed by atoms with Gasteiger partial charge in [-0.15, -0.1) is 0 Å². The minimum absolute atomic E-state index is 0.0648. The summed E-state index contributed by atoms with van der Waals surface area (Å²) < 4.78 is 68.5. The topological polar surface area (TPSA) is 237 Å². The highest BCUT2D eigenvalue weighted by Crippen LogP contribution is 2.45. The number of hydrogen-bond donors (Lipinski definition) is 3. The summed E-state index contributed by atoms with van der Waals surface area (Å²) in [7, 11) is -9.99. The summed E-state index contributed by atoms with van der Waals surface area (Å²) in [5, 5.41) is 10.6. The van der Waals surface area contributed by atoms with Crippen LogP contribution in [0.5, 0.6) is 0 Å². The molecule has 586 valence electrons. The van der Waals surface area contributed by atoms with Crippen LogP contribution in [0, 0.1) is 0 Å². The van der Waals surface area contributed by atoms with E-state index in [9.17, 15) is 43.2 Å². The van der Waals surface area contributed by atoms with Crippen molar-refractivity contribution in [2.24, 2.45) is 0 Å². The second-order valence-corrected chi connectivity index (χ2v) is 29.2. The molecule has 0 saturated heterocycles. The average Bonchev–Trinajstić information content (AvgIpc) is 0.923. The Hall–Kier alpha value is -4.54. The van der Waals surface area contributed by atoms with Crippen LogP contribution >= 0.6 is 15.6 Å². The molecule has 0 aromatic rings. The SMILES string of the molecule is CCCCC/C=C\C/C=C\C/C=C\C/C=C\CCCC(=O)OC[C@H](COP(=O)(O)OC[C@H](O)COP(=O)(O)OC[C@@H](COC(=O)CCCCCCC/C=C\C=C/CCCCCC)OC(=O)CCCCCCC/C=C\C/C=C\CCCCC)OC(=O)CCCCCCC/C=C\C/C=C\CCCCC. The number of esters is 4. The van der Waals surface area contributed by atoms with Crippen molar-refractivity contribution in [2.45, 2.75) is 341 Å². The van der Waals surface area contributed by atoms with Crippen molar-refractivity contribution in [2.75, 3.05) is 39.6 Å². The summed E-state index contributed by atoms with van der Waals surface area (Å²) in [6, 6.07) is 0. The fourth-order valence-electron chi connectivity index (χ4n) is 10.3. The maximum Gasteiger partial charge on any atom is 0.472 e. The average molecular weight is 1470 g/mol. The number of aliphatic hydroxyl groups is 1. The van der Waals surface area contributed by atoms with E-state index in [-0.39, 0.29) is 25.7 Å². The number of unbranched alkanes of at least 4 members (excludes halogenated alkanes) is 29. The molecule has 0 aliphatic heterocycles. The van der Waals surface area contributed by atoms with Crippen LogP contribution in [0.25, 0.3) is 0 Å². The van der Waals surface area contributed by atoms with Gasteiger partial charge in [0.05, 0.1) is 26.4 Å². The van der Waals surface area contributed by atoms with E-state index in [1.165, 1.54) is 83.5 Å². The van der Waals surface area contributed by atoms with Gasteiger partial charge in [-0.2, -0.15) is 0 Å². The number of phosphoric acid groups is 2. The van der Waals surface area contributed by atoms with Gasteiger partial charge < -0.3 is 33.8 Å². The van der Waals surface area contributed by atoms with Crippen molar-refractivity contribution in [1.29, 1.82) is 0 Å². The van der Waals surface area contributed by atoms with Gasteiger partial charge in [-0.05, 0) is 154 Å². The van der Waals surface area contributed by atoms with Crippen LogP contribution in [0.1, 0.15) is 323 Å². The van der Waals surface area contributed by atoms with E-state index in [4.69, 9.17) is 37.0 Å². The van der Waals surface area contributed by atoms with Crippen molar-refractivity contribution < 1.29 is 80.2 Å². The molecule has 19 heteroatoms. The van der Waals surface area contributed by atoms with Crippen LogP contribution in [0.2, 0.25) is 0 Å². The maximum absolute atomic E-state index is 13.1. The highest BCUT2D eigenvalue weighted by Gasteiger charge is 2.30. The maximum atomic E-state index is 13.1. The molecule has 102 heavy (non-hydrogen) atoms. The van der Waals surface area contributed by atoms with Gasteiger partial charge in [-0.3, -0.25) is 37.3 Å². The molecule has 3 N–H and O–H groups in total. The predicted molar refractivity (Wildman–Crippen MR) is 418 cm³/mol. The molecule has 0 aliphatic carbocycles. The van der Waals surface area contributed by atoms with E-state index in [0.717, 1.165) is 154 Å². The van der Waals surface area contributed by atoms with Gasteiger partial charge in [0.25, 0.3) is 0 Å². The Labute approximate surface area is 619 Å². The Kier molecular flexibility index (Phi) is 71.4. The fourth-order valence-corrected chi connectivity index (χ4v) is 11.8. The lowest BCUT2D eigenvalue weighted by Gasteiger charge is -2.21. The number of ether oxygens (including phenoxy) is 4. The minimum Gasteiger partial charge on any atom is -0.462 e. The Morgan fingerprint density at radius 2 is 0.520 bits per heavy atom. The molecule has 0 fully saturated rings. The Morgan fingerprint density at radius 1 is 0.284 bits per heavy atom. The second-order valence-electron chi connectivity index (χ2n) is 26.3. The van der Waals surface area contributed by atoms with Crippen LogP contribution in [0.15, 0.2) is 122 Å². The van der Waals surface area contributed by atoms with Gasteiger partial charge in [0.15, 0.2) is 12.2 Å². The first kappa shape index (κ1) is 97.5. The molecule has 0 spiro atoms. The number of carbonyl (C=O) groups is 4. The Bertz CT molecular complexity index is 2410. The normalized spacial score (nSPS) is 14.5. The Balaban J connectivity index is 5.45. The number of carbonyl (C=O) groups excluding carboxylic acids is 4. The van der Waals surface area contributed by atoms with Gasteiger partial charge in [0.1, 0.15) is 19.3 Å². The van der Waals surface area contributed by atoms with E-state index < -0.39 is 97.5 Å². The van der Waals surface area contributed by atoms with Gasteiger partial charge in [-0.1, -0.05) is 265 Å². The molecule has 5 atom stereocenters. The molecule has 0 bridgehead atoms. The number of allylic oxidation sites excluding steroid dienone is 20. The lowest BCUT2D eigenvalue weighted by atomic mass is 10.1. The molecule has 0 rings (SSSR count). The van der Waals surface area contributed by atoms with E-state index >= 15 is 0 Å². The standard InChI is InChI=1S/C83H142O17P2/c1-5-9-13-17-21-25-29-33-37-38-42-44-48-52-56-60-64-68-81(86)94-74-79(100-83(88)70-66-62-58-54-50-46-41-36-32-28-24-20-16-12-8-4)76-98-102(91,92)96-72-77(84)71-95-101(89,90)97-75-78(99-82(87)69-65-61-57-53-49-45-40-35-31-27-23-19-15-11-7-3)73-93-80(85)67-63-59-55-51-47-43-39-34-30-26-22-18-14-10-6-2/h21,23-28,30,33-37,39-42,44,52,56,77-79,84H,5-20,22,29,31-32,38,43,45-51,53-55,57-76H2,1-4H3,(H,89,90)(H,91,92)/b25-21-,27-23-,28-24-,30-26-,37-33-,39-34-,40-35-,41-36-,44-42-,56-52-/t77-,78-,79-/m1/s1. The molecule has 2 unspecified atom stereocenters. The summed E-state index contributed by atoms with van der Waals surface area (Å²) >= 11 is 0. The lowest BCUT2D eigenvalue weighted by Crippen LogP contribution is -2.30. The first-order chi connectivity index (χ1) is 49.7. The van der Waals surface area contributed by atoms with Crippen molar-refractivity contribution >= 4 is 39.5 Å². The van der Waals surface area contributed by atoms with Gasteiger partial charge in [-0.25, -0.2) is 9.13 Å². The van der Waals surface area contributed by atoms with Crippen molar-refractivity contribution in [3.8, 4) is 0 Å². The third-order valence-corrected chi connectivity index (χ3v) is 18.3. The summed E-state index contributed by atoms with van der Waals surface area (Å²) in [4.78, 5) is 73.0. The highest BCUT2D eigenvalue weighted by atomic mass is 31.2. The predicted octanol–water partition coefficient (Wildman–Crippen LogP) is 23.1. The summed E-state index contributed by atoms with van der Waals surface area (Å²) in [6.45, 7) is 4.68. The van der Waals surface area contributed by atoms with Gasteiger partial charge in [0, 0.05) is 25.7 Å². The zero-order valence-corrected chi connectivity index (χ0v) is 65.8. The smallest absolute Gasteiger partial charge is 0.462 e. The third kappa shape index (κ3) is 73.8. The van der Waals surface area contributed by atoms with Crippen molar-refractivity contribution in [3.63, 3.8) is 0 Å². The van der Waals surface area contributed by atoms with E-state index in [2.05, 4.69) is 137 Å². The van der Waals surface area contributed by atoms with E-state index in [1.807, 2.05) is 12.2 Å². The largest absolute Gasteiger partial charge is 0.472 e. The van der Waals surface area contributed by atoms with E-state index in [1.54, 1.807) is 0 Å².